The van der Waals surface area contributed by atoms with Crippen LogP contribution in [0.5, 0.6) is 0 Å². The quantitative estimate of drug-likeness (QED) is 0.807. The number of anilines is 1. The van der Waals surface area contributed by atoms with Crippen LogP contribution >= 0.6 is 15.9 Å². The van der Waals surface area contributed by atoms with Crippen molar-refractivity contribution in [2.45, 2.75) is 20.3 Å². The number of rotatable bonds is 1. The van der Waals surface area contributed by atoms with Crippen molar-refractivity contribution in [3.8, 4) is 0 Å². The van der Waals surface area contributed by atoms with Crippen molar-refractivity contribution < 1.29 is 14.4 Å². The van der Waals surface area contributed by atoms with Gasteiger partial charge < -0.3 is 0 Å². The minimum absolute atomic E-state index is 0.305. The van der Waals surface area contributed by atoms with E-state index in [0.717, 1.165) is 20.5 Å². The number of benzene rings is 1. The van der Waals surface area contributed by atoms with Gasteiger partial charge in [-0.1, -0.05) is 15.9 Å². The molecule has 0 aromatic heterocycles. The van der Waals surface area contributed by atoms with E-state index in [0.29, 0.717) is 5.69 Å². The topological polar surface area (TPSA) is 66.5 Å². The normalized spacial score (nSPS) is 15.9. The van der Waals surface area contributed by atoms with Gasteiger partial charge >= 0.3 is 6.03 Å². The van der Waals surface area contributed by atoms with E-state index in [-0.39, 0.29) is 6.42 Å². The Hall–Kier alpha value is -1.69. The molecule has 1 aromatic rings. The monoisotopic (exact) mass is 310 g/mol. The molecule has 0 saturated carbocycles. The predicted molar refractivity (Wildman–Crippen MR) is 69.3 cm³/mol. The van der Waals surface area contributed by atoms with Gasteiger partial charge in [-0.15, -0.1) is 0 Å². The molecular formula is C12H11BrN2O3. The molecular weight excluding hydrogens is 300 g/mol. The Bertz CT molecular complexity index is 549. The molecule has 18 heavy (non-hydrogen) atoms. The zero-order valence-corrected chi connectivity index (χ0v) is 11.5. The first-order chi connectivity index (χ1) is 8.41. The van der Waals surface area contributed by atoms with Gasteiger partial charge in [-0.2, -0.15) is 0 Å². The number of carbonyl (C=O) groups excluding carboxylic acids is 3. The summed E-state index contributed by atoms with van der Waals surface area (Å²) in [5.74, 6) is -1.07. The van der Waals surface area contributed by atoms with Crippen molar-refractivity contribution in [2.75, 3.05) is 4.90 Å². The summed E-state index contributed by atoms with van der Waals surface area (Å²) in [4.78, 5) is 35.6. The SMILES string of the molecule is Cc1c(Br)ccc(N2C(=O)CC(=O)NC2=O)c1C. The van der Waals surface area contributed by atoms with Crippen molar-refractivity contribution in [1.29, 1.82) is 0 Å². The third-order valence-corrected chi connectivity index (χ3v) is 3.80. The van der Waals surface area contributed by atoms with Gasteiger partial charge in [0.25, 0.3) is 0 Å². The van der Waals surface area contributed by atoms with Crippen molar-refractivity contribution in [3.63, 3.8) is 0 Å². The fourth-order valence-electron chi connectivity index (χ4n) is 1.81. The third kappa shape index (κ3) is 2.03. The van der Waals surface area contributed by atoms with Gasteiger partial charge in [-0.3, -0.25) is 14.9 Å². The summed E-state index contributed by atoms with van der Waals surface area (Å²) in [5.41, 5.74) is 2.28. The second-order valence-corrected chi connectivity index (χ2v) is 4.93. The molecule has 0 aliphatic carbocycles. The van der Waals surface area contributed by atoms with E-state index in [1.54, 1.807) is 12.1 Å². The van der Waals surface area contributed by atoms with Gasteiger partial charge in [-0.25, -0.2) is 9.69 Å². The molecule has 0 spiro atoms. The van der Waals surface area contributed by atoms with Gasteiger partial charge in [0.2, 0.25) is 11.8 Å². The maximum absolute atomic E-state index is 11.8. The Labute approximate surface area is 112 Å². The molecule has 0 radical (unpaired) electrons. The Kier molecular flexibility index (Phi) is 3.21. The number of urea groups is 1. The minimum atomic E-state index is -0.693. The number of carbonyl (C=O) groups is 3. The van der Waals surface area contributed by atoms with Crippen LogP contribution in [0, 0.1) is 13.8 Å². The Morgan fingerprint density at radius 3 is 2.44 bits per heavy atom. The van der Waals surface area contributed by atoms with Crippen LogP contribution in [0.4, 0.5) is 10.5 Å². The van der Waals surface area contributed by atoms with Crippen LogP contribution in [-0.2, 0) is 9.59 Å². The number of nitrogens with one attached hydrogen (secondary N) is 1. The minimum Gasteiger partial charge on any atom is -0.277 e. The van der Waals surface area contributed by atoms with Crippen LogP contribution in [-0.4, -0.2) is 17.8 Å². The van der Waals surface area contributed by atoms with Gasteiger partial charge in [0.05, 0.1) is 5.69 Å². The van der Waals surface area contributed by atoms with Crippen LogP contribution in [0.25, 0.3) is 0 Å². The zero-order valence-electron chi connectivity index (χ0n) is 9.91. The maximum Gasteiger partial charge on any atom is 0.335 e. The molecule has 5 nitrogen and oxygen atoms in total. The molecule has 2 rings (SSSR count). The number of halogens is 1. The van der Waals surface area contributed by atoms with E-state index >= 15 is 0 Å². The molecule has 1 aliphatic rings. The largest absolute Gasteiger partial charge is 0.335 e. The first-order valence-corrected chi connectivity index (χ1v) is 6.13. The summed E-state index contributed by atoms with van der Waals surface area (Å²) in [5, 5.41) is 2.14. The van der Waals surface area contributed by atoms with Crippen molar-refractivity contribution in [2.24, 2.45) is 0 Å². The molecule has 1 saturated heterocycles. The smallest absolute Gasteiger partial charge is 0.277 e. The highest BCUT2D eigenvalue weighted by Crippen LogP contribution is 2.29. The molecule has 1 N–H and O–H groups in total. The molecule has 4 amide bonds. The van der Waals surface area contributed by atoms with Crippen LogP contribution in [0.1, 0.15) is 17.5 Å². The number of amides is 4. The van der Waals surface area contributed by atoms with E-state index in [2.05, 4.69) is 21.2 Å². The molecule has 1 aliphatic heterocycles. The summed E-state index contributed by atoms with van der Waals surface area (Å²) in [6.07, 6.45) is -0.305. The van der Waals surface area contributed by atoms with Crippen molar-refractivity contribution in [3.05, 3.63) is 27.7 Å². The fraction of sp³-hybridized carbons (Fsp3) is 0.250. The van der Waals surface area contributed by atoms with Crippen LogP contribution in [0.2, 0.25) is 0 Å². The molecule has 0 bridgehead atoms. The maximum atomic E-state index is 11.8. The lowest BCUT2D eigenvalue weighted by Crippen LogP contribution is -2.53. The van der Waals surface area contributed by atoms with Gasteiger partial charge in [0.15, 0.2) is 0 Å². The molecule has 0 atom stereocenters. The molecule has 94 valence electrons. The Balaban J connectivity index is 2.49. The lowest BCUT2D eigenvalue weighted by Gasteiger charge is -2.26. The second kappa shape index (κ2) is 4.53. The number of hydrogen-bond donors (Lipinski definition) is 1. The van der Waals surface area contributed by atoms with E-state index < -0.39 is 17.8 Å². The predicted octanol–water partition coefficient (Wildman–Crippen LogP) is 2.04. The van der Waals surface area contributed by atoms with Gasteiger partial charge in [0, 0.05) is 4.47 Å². The summed E-state index contributed by atoms with van der Waals surface area (Å²) < 4.78 is 0.907. The summed E-state index contributed by atoms with van der Waals surface area (Å²) in [7, 11) is 0. The first-order valence-electron chi connectivity index (χ1n) is 5.34. The van der Waals surface area contributed by atoms with Crippen LogP contribution < -0.4 is 10.2 Å². The molecule has 1 heterocycles. The molecule has 1 fully saturated rings. The van der Waals surface area contributed by atoms with Crippen molar-refractivity contribution in [1.82, 2.24) is 5.32 Å². The summed E-state index contributed by atoms with van der Waals surface area (Å²) in [6, 6.07) is 2.76. The van der Waals surface area contributed by atoms with E-state index in [1.165, 1.54) is 0 Å². The lowest BCUT2D eigenvalue weighted by molar-refractivity contribution is -0.128. The average Bonchev–Trinajstić information content (AvgIpc) is 2.28. The van der Waals surface area contributed by atoms with E-state index in [9.17, 15) is 14.4 Å². The number of barbiturate groups is 1. The number of hydrogen-bond acceptors (Lipinski definition) is 3. The van der Waals surface area contributed by atoms with Crippen molar-refractivity contribution >= 4 is 39.5 Å². The highest BCUT2D eigenvalue weighted by Gasteiger charge is 2.33. The summed E-state index contributed by atoms with van der Waals surface area (Å²) >= 11 is 3.39. The first kappa shape index (κ1) is 12.8. The highest BCUT2D eigenvalue weighted by molar-refractivity contribution is 9.10. The van der Waals surface area contributed by atoms with Crippen LogP contribution in [0.15, 0.2) is 16.6 Å². The fourth-order valence-corrected chi connectivity index (χ4v) is 2.24. The van der Waals surface area contributed by atoms with Gasteiger partial charge in [-0.05, 0) is 37.1 Å². The zero-order chi connectivity index (χ0) is 13.4. The number of imide groups is 2. The Morgan fingerprint density at radius 1 is 1.17 bits per heavy atom. The van der Waals surface area contributed by atoms with Gasteiger partial charge in [0.1, 0.15) is 6.42 Å². The molecule has 0 unspecified atom stereocenters. The Morgan fingerprint density at radius 2 is 1.83 bits per heavy atom. The summed E-state index contributed by atoms with van der Waals surface area (Å²) in [6.45, 7) is 3.72. The van der Waals surface area contributed by atoms with E-state index in [1.807, 2.05) is 13.8 Å². The van der Waals surface area contributed by atoms with E-state index in [4.69, 9.17) is 0 Å². The highest BCUT2D eigenvalue weighted by atomic mass is 79.9. The molecule has 1 aromatic carbocycles. The van der Waals surface area contributed by atoms with Crippen LogP contribution in [0.3, 0.4) is 0 Å². The second-order valence-electron chi connectivity index (χ2n) is 4.08. The number of nitrogens with zero attached hydrogens (tertiary/aromatic N) is 1. The lowest BCUT2D eigenvalue weighted by atomic mass is 10.1. The third-order valence-electron chi connectivity index (χ3n) is 2.94. The average molecular weight is 311 g/mol. The standard InChI is InChI=1S/C12H11BrN2O3/c1-6-7(2)9(4-3-8(6)13)15-11(17)5-10(16)14-12(15)18/h3-4H,5H2,1-2H3,(H,14,16,18). The molecule has 6 heteroatoms.